The lowest BCUT2D eigenvalue weighted by Gasteiger charge is -2.16. The van der Waals surface area contributed by atoms with Gasteiger partial charge in [-0.05, 0) is 30.2 Å². The number of halogens is 1. The molecular weight excluding hydrogens is 261 g/mol. The number of carbonyl (C=O) groups is 1. The smallest absolute Gasteiger partial charge is 0.317 e. The number of H-pyrrole nitrogens is 1. The SMILES string of the molecule is CN(CCO)C(=O)NCCc1c[nH]c2cc(F)ccc12. The van der Waals surface area contributed by atoms with Crippen LogP contribution in [-0.4, -0.2) is 47.8 Å². The fourth-order valence-electron chi connectivity index (χ4n) is 2.06. The lowest BCUT2D eigenvalue weighted by Crippen LogP contribution is -2.39. The lowest BCUT2D eigenvalue weighted by atomic mass is 10.1. The number of amides is 2. The highest BCUT2D eigenvalue weighted by atomic mass is 19.1. The van der Waals surface area contributed by atoms with Crippen molar-refractivity contribution in [1.82, 2.24) is 15.2 Å². The van der Waals surface area contributed by atoms with E-state index in [1.807, 2.05) is 6.20 Å². The quantitative estimate of drug-likeness (QED) is 0.776. The van der Waals surface area contributed by atoms with Crippen molar-refractivity contribution < 1.29 is 14.3 Å². The van der Waals surface area contributed by atoms with Crippen LogP contribution in [0.3, 0.4) is 0 Å². The van der Waals surface area contributed by atoms with E-state index in [2.05, 4.69) is 10.3 Å². The van der Waals surface area contributed by atoms with Gasteiger partial charge in [0.1, 0.15) is 5.82 Å². The first kappa shape index (κ1) is 14.3. The molecule has 2 amide bonds. The highest BCUT2D eigenvalue weighted by Gasteiger charge is 2.08. The molecule has 2 rings (SSSR count). The van der Waals surface area contributed by atoms with Crippen LogP contribution < -0.4 is 5.32 Å². The Balaban J connectivity index is 1.92. The largest absolute Gasteiger partial charge is 0.395 e. The fourth-order valence-corrected chi connectivity index (χ4v) is 2.06. The maximum absolute atomic E-state index is 13.1. The summed E-state index contributed by atoms with van der Waals surface area (Å²) in [7, 11) is 1.63. The number of nitrogens with one attached hydrogen (secondary N) is 2. The van der Waals surface area contributed by atoms with Crippen molar-refractivity contribution in [2.24, 2.45) is 0 Å². The molecule has 0 saturated carbocycles. The van der Waals surface area contributed by atoms with Gasteiger partial charge in [-0.25, -0.2) is 9.18 Å². The molecular formula is C14H18FN3O2. The molecule has 0 unspecified atom stereocenters. The first-order valence-electron chi connectivity index (χ1n) is 6.47. The third kappa shape index (κ3) is 3.27. The number of aliphatic hydroxyl groups excluding tert-OH is 1. The van der Waals surface area contributed by atoms with Crippen LogP contribution in [0.1, 0.15) is 5.56 Å². The molecule has 1 aromatic heterocycles. The maximum atomic E-state index is 13.1. The van der Waals surface area contributed by atoms with E-state index in [0.29, 0.717) is 19.5 Å². The number of carbonyl (C=O) groups excluding carboxylic acids is 1. The van der Waals surface area contributed by atoms with E-state index < -0.39 is 0 Å². The van der Waals surface area contributed by atoms with Crippen molar-refractivity contribution in [2.45, 2.75) is 6.42 Å². The second-order valence-corrected chi connectivity index (χ2v) is 4.63. The number of benzene rings is 1. The van der Waals surface area contributed by atoms with Crippen molar-refractivity contribution in [3.63, 3.8) is 0 Å². The molecule has 3 N–H and O–H groups in total. The fraction of sp³-hybridized carbons (Fsp3) is 0.357. The van der Waals surface area contributed by atoms with Gasteiger partial charge in [-0.15, -0.1) is 0 Å². The van der Waals surface area contributed by atoms with E-state index in [4.69, 9.17) is 5.11 Å². The minimum absolute atomic E-state index is 0.0576. The van der Waals surface area contributed by atoms with Crippen molar-refractivity contribution in [3.8, 4) is 0 Å². The summed E-state index contributed by atoms with van der Waals surface area (Å²) in [5, 5.41) is 12.5. The highest BCUT2D eigenvalue weighted by molar-refractivity contribution is 5.83. The van der Waals surface area contributed by atoms with Gasteiger partial charge in [0.15, 0.2) is 0 Å². The zero-order valence-corrected chi connectivity index (χ0v) is 11.3. The number of hydrogen-bond donors (Lipinski definition) is 3. The second-order valence-electron chi connectivity index (χ2n) is 4.63. The molecule has 1 heterocycles. The molecule has 0 aliphatic heterocycles. The standard InChI is InChI=1S/C14H18FN3O2/c1-18(6-7-19)14(20)16-5-4-10-9-17-13-8-11(15)2-3-12(10)13/h2-3,8-9,17,19H,4-7H2,1H3,(H,16,20). The highest BCUT2D eigenvalue weighted by Crippen LogP contribution is 2.19. The molecule has 0 atom stereocenters. The Bertz CT molecular complexity index is 597. The van der Waals surface area contributed by atoms with Crippen molar-refractivity contribution >= 4 is 16.9 Å². The average Bonchev–Trinajstić information content (AvgIpc) is 2.81. The van der Waals surface area contributed by atoms with Gasteiger partial charge < -0.3 is 20.3 Å². The molecule has 2 aromatic rings. The summed E-state index contributed by atoms with van der Waals surface area (Å²) in [6.07, 6.45) is 2.48. The number of aliphatic hydroxyl groups is 1. The Morgan fingerprint density at radius 2 is 2.30 bits per heavy atom. The summed E-state index contributed by atoms with van der Waals surface area (Å²) in [6, 6.07) is 4.39. The molecule has 5 nitrogen and oxygen atoms in total. The summed E-state index contributed by atoms with van der Waals surface area (Å²) in [6.45, 7) is 0.731. The van der Waals surface area contributed by atoms with Crippen molar-refractivity contribution in [3.05, 3.63) is 35.8 Å². The van der Waals surface area contributed by atoms with Crippen LogP contribution in [0.2, 0.25) is 0 Å². The Kier molecular flexibility index (Phi) is 4.57. The summed E-state index contributed by atoms with van der Waals surface area (Å²) in [5.74, 6) is -0.273. The van der Waals surface area contributed by atoms with Crippen LogP contribution in [0.25, 0.3) is 10.9 Å². The number of aromatic nitrogens is 1. The molecule has 1 aromatic carbocycles. The van der Waals surface area contributed by atoms with Crippen LogP contribution in [-0.2, 0) is 6.42 Å². The van der Waals surface area contributed by atoms with E-state index in [1.54, 1.807) is 13.1 Å². The van der Waals surface area contributed by atoms with Crippen LogP contribution in [0.4, 0.5) is 9.18 Å². The molecule has 0 bridgehead atoms. The maximum Gasteiger partial charge on any atom is 0.317 e. The zero-order chi connectivity index (χ0) is 14.5. The summed E-state index contributed by atoms with van der Waals surface area (Å²) >= 11 is 0. The number of fused-ring (bicyclic) bond motifs is 1. The zero-order valence-electron chi connectivity index (χ0n) is 11.3. The minimum atomic E-state index is -0.273. The number of likely N-dealkylation sites (N-methyl/N-ethyl adjacent to an activating group) is 1. The summed E-state index contributed by atoms with van der Waals surface area (Å²) in [4.78, 5) is 16.1. The lowest BCUT2D eigenvalue weighted by molar-refractivity contribution is 0.190. The van der Waals surface area contributed by atoms with E-state index >= 15 is 0 Å². The summed E-state index contributed by atoms with van der Waals surface area (Å²) < 4.78 is 13.1. The number of urea groups is 1. The monoisotopic (exact) mass is 279 g/mol. The van der Waals surface area contributed by atoms with E-state index in [-0.39, 0.29) is 18.5 Å². The summed E-state index contributed by atoms with van der Waals surface area (Å²) in [5.41, 5.74) is 1.79. The van der Waals surface area contributed by atoms with Crippen LogP contribution in [0, 0.1) is 5.82 Å². The normalized spacial score (nSPS) is 10.8. The Labute approximate surface area is 116 Å². The van der Waals surface area contributed by atoms with Gasteiger partial charge in [0, 0.05) is 37.2 Å². The van der Waals surface area contributed by atoms with Crippen molar-refractivity contribution in [1.29, 1.82) is 0 Å². The van der Waals surface area contributed by atoms with Crippen LogP contribution >= 0.6 is 0 Å². The molecule has 0 aliphatic carbocycles. The average molecular weight is 279 g/mol. The number of aromatic amines is 1. The number of rotatable bonds is 5. The Morgan fingerprint density at radius 3 is 3.05 bits per heavy atom. The first-order chi connectivity index (χ1) is 9.61. The predicted octanol–water partition coefficient (Wildman–Crippen LogP) is 1.48. The van der Waals surface area contributed by atoms with E-state index in [1.165, 1.54) is 17.0 Å². The van der Waals surface area contributed by atoms with Gasteiger partial charge in [-0.1, -0.05) is 0 Å². The molecule has 0 fully saturated rings. The minimum Gasteiger partial charge on any atom is -0.395 e. The van der Waals surface area contributed by atoms with Gasteiger partial charge in [0.05, 0.1) is 6.61 Å². The van der Waals surface area contributed by atoms with Gasteiger partial charge in [-0.2, -0.15) is 0 Å². The second kappa shape index (κ2) is 6.38. The number of hydrogen-bond acceptors (Lipinski definition) is 2. The molecule has 20 heavy (non-hydrogen) atoms. The van der Waals surface area contributed by atoms with Gasteiger partial charge in [-0.3, -0.25) is 0 Å². The Morgan fingerprint density at radius 1 is 1.50 bits per heavy atom. The third-order valence-electron chi connectivity index (χ3n) is 3.18. The number of nitrogens with zero attached hydrogens (tertiary/aromatic N) is 1. The van der Waals surface area contributed by atoms with Gasteiger partial charge in [0.2, 0.25) is 0 Å². The third-order valence-corrected chi connectivity index (χ3v) is 3.18. The topological polar surface area (TPSA) is 68.4 Å². The van der Waals surface area contributed by atoms with Crippen LogP contribution in [0.5, 0.6) is 0 Å². The van der Waals surface area contributed by atoms with Crippen LogP contribution in [0.15, 0.2) is 24.4 Å². The van der Waals surface area contributed by atoms with Gasteiger partial charge in [0.25, 0.3) is 0 Å². The van der Waals surface area contributed by atoms with Crippen molar-refractivity contribution in [2.75, 3.05) is 26.7 Å². The molecule has 0 saturated heterocycles. The predicted molar refractivity (Wildman–Crippen MR) is 75.1 cm³/mol. The molecule has 108 valence electrons. The molecule has 0 aliphatic rings. The molecule has 0 radical (unpaired) electrons. The Hall–Kier alpha value is -2.08. The molecule has 0 spiro atoms. The van der Waals surface area contributed by atoms with Gasteiger partial charge >= 0.3 is 6.03 Å². The van der Waals surface area contributed by atoms with E-state index in [9.17, 15) is 9.18 Å². The molecule has 6 heteroatoms. The first-order valence-corrected chi connectivity index (χ1v) is 6.47. The van der Waals surface area contributed by atoms with E-state index in [0.717, 1.165) is 16.5 Å².